The highest BCUT2D eigenvalue weighted by molar-refractivity contribution is 7.89. The molecule has 0 radical (unpaired) electrons. The molecule has 1 aromatic rings. The van der Waals surface area contributed by atoms with Gasteiger partial charge in [-0.25, -0.2) is 13.1 Å². The zero-order valence-electron chi connectivity index (χ0n) is 10.9. The van der Waals surface area contributed by atoms with Crippen molar-refractivity contribution in [2.24, 2.45) is 5.73 Å². The summed E-state index contributed by atoms with van der Waals surface area (Å²) in [5, 5.41) is 0.466. The first-order chi connectivity index (χ1) is 8.90. The molecule has 1 aliphatic rings. The van der Waals surface area contributed by atoms with Crippen molar-refractivity contribution in [1.82, 2.24) is 4.72 Å². The zero-order chi connectivity index (χ0) is 14.0. The predicted molar refractivity (Wildman–Crippen MR) is 76.7 cm³/mol. The summed E-state index contributed by atoms with van der Waals surface area (Å²) in [4.78, 5) is 0.259. The van der Waals surface area contributed by atoms with Crippen LogP contribution in [-0.4, -0.2) is 20.5 Å². The molecule has 1 saturated carbocycles. The van der Waals surface area contributed by atoms with Gasteiger partial charge < -0.3 is 5.73 Å². The second-order valence-corrected chi connectivity index (χ2v) is 7.19. The molecule has 1 aliphatic carbocycles. The maximum Gasteiger partial charge on any atom is 0.241 e. The van der Waals surface area contributed by atoms with Crippen molar-refractivity contribution >= 4 is 21.6 Å². The molecule has 0 spiro atoms. The Morgan fingerprint density at radius 1 is 1.26 bits per heavy atom. The number of benzene rings is 1. The van der Waals surface area contributed by atoms with E-state index in [0.29, 0.717) is 10.6 Å². The second kappa shape index (κ2) is 5.79. The van der Waals surface area contributed by atoms with Gasteiger partial charge in [-0.05, 0) is 50.3 Å². The number of nitrogens with one attached hydrogen (secondary N) is 1. The molecule has 1 aromatic carbocycles. The van der Waals surface area contributed by atoms with Crippen molar-refractivity contribution in [1.29, 1.82) is 0 Å². The van der Waals surface area contributed by atoms with Gasteiger partial charge >= 0.3 is 0 Å². The number of nitrogens with two attached hydrogens (primary N) is 1. The van der Waals surface area contributed by atoms with Crippen LogP contribution in [0, 0.1) is 6.92 Å². The Morgan fingerprint density at radius 2 is 1.89 bits per heavy atom. The van der Waals surface area contributed by atoms with Crippen LogP contribution in [0.1, 0.15) is 31.2 Å². The molecule has 1 fully saturated rings. The molecular formula is C13H19ClN2O2S. The Hall–Kier alpha value is -0.620. The Labute approximate surface area is 119 Å². The monoisotopic (exact) mass is 302 g/mol. The summed E-state index contributed by atoms with van der Waals surface area (Å²) >= 11 is 5.97. The highest BCUT2D eigenvalue weighted by Gasteiger charge is 2.25. The van der Waals surface area contributed by atoms with Crippen LogP contribution >= 0.6 is 11.6 Å². The molecule has 106 valence electrons. The SMILES string of the molecule is Cc1c(Cl)cccc1S(=O)(=O)NC1CCC(N)CC1. The van der Waals surface area contributed by atoms with Crippen molar-refractivity contribution in [3.63, 3.8) is 0 Å². The number of hydrogen-bond acceptors (Lipinski definition) is 3. The highest BCUT2D eigenvalue weighted by Crippen LogP contribution is 2.24. The van der Waals surface area contributed by atoms with Gasteiger partial charge in [0.2, 0.25) is 10.0 Å². The van der Waals surface area contributed by atoms with Gasteiger partial charge in [0.1, 0.15) is 0 Å². The molecular weight excluding hydrogens is 284 g/mol. The number of sulfonamides is 1. The van der Waals surface area contributed by atoms with Gasteiger partial charge in [0.25, 0.3) is 0 Å². The van der Waals surface area contributed by atoms with E-state index in [0.717, 1.165) is 25.7 Å². The third-order valence-corrected chi connectivity index (χ3v) is 5.68. The number of halogens is 1. The summed E-state index contributed by atoms with van der Waals surface area (Å²) < 4.78 is 27.5. The molecule has 4 nitrogen and oxygen atoms in total. The second-order valence-electron chi connectivity index (χ2n) is 5.10. The van der Waals surface area contributed by atoms with Crippen LogP contribution < -0.4 is 10.5 Å². The van der Waals surface area contributed by atoms with E-state index >= 15 is 0 Å². The smallest absolute Gasteiger partial charge is 0.241 e. The van der Waals surface area contributed by atoms with Crippen LogP contribution in [0.25, 0.3) is 0 Å². The predicted octanol–water partition coefficient (Wildman–Crippen LogP) is 2.20. The largest absolute Gasteiger partial charge is 0.328 e. The van der Waals surface area contributed by atoms with Crippen molar-refractivity contribution in [2.75, 3.05) is 0 Å². The molecule has 0 saturated heterocycles. The minimum atomic E-state index is -3.51. The van der Waals surface area contributed by atoms with Crippen molar-refractivity contribution < 1.29 is 8.42 Å². The quantitative estimate of drug-likeness (QED) is 0.899. The fourth-order valence-electron chi connectivity index (χ4n) is 2.40. The lowest BCUT2D eigenvalue weighted by molar-refractivity contribution is 0.373. The van der Waals surface area contributed by atoms with Crippen molar-refractivity contribution in [3.8, 4) is 0 Å². The van der Waals surface area contributed by atoms with Crippen LogP contribution in [-0.2, 0) is 10.0 Å². The Morgan fingerprint density at radius 3 is 2.53 bits per heavy atom. The third-order valence-electron chi connectivity index (χ3n) is 3.60. The van der Waals surface area contributed by atoms with Gasteiger partial charge in [0.15, 0.2) is 0 Å². The van der Waals surface area contributed by atoms with E-state index in [1.807, 2.05) is 0 Å². The molecule has 0 bridgehead atoms. The average molecular weight is 303 g/mol. The maximum atomic E-state index is 12.4. The lowest BCUT2D eigenvalue weighted by Gasteiger charge is -2.26. The molecule has 0 atom stereocenters. The third kappa shape index (κ3) is 3.48. The summed E-state index contributed by atoms with van der Waals surface area (Å²) in [7, 11) is -3.51. The summed E-state index contributed by atoms with van der Waals surface area (Å²) in [6.07, 6.45) is 3.31. The van der Waals surface area contributed by atoms with E-state index in [9.17, 15) is 8.42 Å². The first-order valence-corrected chi connectivity index (χ1v) is 8.29. The minimum Gasteiger partial charge on any atom is -0.328 e. The summed E-state index contributed by atoms with van der Waals surface area (Å²) in [5.74, 6) is 0. The average Bonchev–Trinajstić information content (AvgIpc) is 2.35. The van der Waals surface area contributed by atoms with Gasteiger partial charge in [-0.1, -0.05) is 17.7 Å². The molecule has 0 aromatic heterocycles. The standard InChI is InChI=1S/C13H19ClN2O2S/c1-9-12(14)3-2-4-13(9)19(17,18)16-11-7-5-10(15)6-8-11/h2-4,10-11,16H,5-8,15H2,1H3. The summed E-state index contributed by atoms with van der Waals surface area (Å²) in [5.41, 5.74) is 6.41. The molecule has 0 heterocycles. The first kappa shape index (κ1) is 14.8. The molecule has 0 aliphatic heterocycles. The normalized spacial score (nSPS) is 24.4. The maximum absolute atomic E-state index is 12.4. The van der Waals surface area contributed by atoms with Crippen LogP contribution in [0.4, 0.5) is 0 Å². The van der Waals surface area contributed by atoms with Gasteiger partial charge in [-0.3, -0.25) is 0 Å². The van der Waals surface area contributed by atoms with Crippen LogP contribution in [0.3, 0.4) is 0 Å². The van der Waals surface area contributed by atoms with Gasteiger partial charge in [-0.2, -0.15) is 0 Å². The Kier molecular flexibility index (Phi) is 4.50. The first-order valence-electron chi connectivity index (χ1n) is 6.43. The van der Waals surface area contributed by atoms with Crippen LogP contribution in [0.15, 0.2) is 23.1 Å². The van der Waals surface area contributed by atoms with E-state index in [1.54, 1.807) is 25.1 Å². The van der Waals surface area contributed by atoms with E-state index in [-0.39, 0.29) is 17.0 Å². The van der Waals surface area contributed by atoms with Gasteiger partial charge in [0, 0.05) is 17.1 Å². The molecule has 6 heteroatoms. The topological polar surface area (TPSA) is 72.2 Å². The van der Waals surface area contributed by atoms with E-state index < -0.39 is 10.0 Å². The van der Waals surface area contributed by atoms with E-state index in [1.165, 1.54) is 0 Å². The number of hydrogen-bond donors (Lipinski definition) is 2. The van der Waals surface area contributed by atoms with E-state index in [4.69, 9.17) is 17.3 Å². The van der Waals surface area contributed by atoms with Crippen molar-refractivity contribution in [2.45, 2.75) is 49.6 Å². The molecule has 2 rings (SSSR count). The van der Waals surface area contributed by atoms with Crippen LogP contribution in [0.2, 0.25) is 5.02 Å². The molecule has 19 heavy (non-hydrogen) atoms. The minimum absolute atomic E-state index is 0.0248. The lowest BCUT2D eigenvalue weighted by atomic mass is 9.93. The summed E-state index contributed by atoms with van der Waals surface area (Å²) in [6, 6.07) is 5.10. The Bertz CT molecular complexity index is 552. The fraction of sp³-hybridized carbons (Fsp3) is 0.538. The highest BCUT2D eigenvalue weighted by atomic mass is 35.5. The van der Waals surface area contributed by atoms with Crippen molar-refractivity contribution in [3.05, 3.63) is 28.8 Å². The fourth-order valence-corrected chi connectivity index (χ4v) is 4.20. The van der Waals surface area contributed by atoms with Gasteiger partial charge in [-0.15, -0.1) is 0 Å². The Balaban J connectivity index is 2.16. The molecule has 0 amide bonds. The zero-order valence-corrected chi connectivity index (χ0v) is 12.5. The number of rotatable bonds is 3. The van der Waals surface area contributed by atoms with Crippen LogP contribution in [0.5, 0.6) is 0 Å². The van der Waals surface area contributed by atoms with E-state index in [2.05, 4.69) is 4.72 Å². The molecule has 0 unspecified atom stereocenters. The molecule has 3 N–H and O–H groups in total. The van der Waals surface area contributed by atoms with Gasteiger partial charge in [0.05, 0.1) is 4.90 Å². The lowest BCUT2D eigenvalue weighted by Crippen LogP contribution is -2.40. The summed E-state index contributed by atoms with van der Waals surface area (Å²) in [6.45, 7) is 1.72.